The molecule has 0 unspecified atom stereocenters. The van der Waals surface area contributed by atoms with E-state index in [2.05, 4.69) is 50.6 Å². The second-order valence-corrected chi connectivity index (χ2v) is 8.32. The van der Waals surface area contributed by atoms with E-state index in [4.69, 9.17) is 0 Å². The molecule has 0 saturated carbocycles. The highest BCUT2D eigenvalue weighted by atomic mass is 32.2. The number of fused-ring (bicyclic) bond motifs is 1. The number of benzene rings is 1. The molecule has 2 aromatic heterocycles. The van der Waals surface area contributed by atoms with Crippen LogP contribution in [0, 0.1) is 0 Å². The predicted octanol–water partition coefficient (Wildman–Crippen LogP) is 4.36. The molecule has 3 heterocycles. The van der Waals surface area contributed by atoms with Crippen LogP contribution in [0.3, 0.4) is 0 Å². The molecule has 0 bridgehead atoms. The first kappa shape index (κ1) is 14.2. The molecule has 1 aromatic carbocycles. The molecule has 1 aliphatic heterocycles. The number of hydrogen-bond acceptors (Lipinski definition) is 6. The zero-order valence-corrected chi connectivity index (χ0v) is 14.4. The van der Waals surface area contributed by atoms with Gasteiger partial charge in [-0.05, 0) is 23.6 Å². The summed E-state index contributed by atoms with van der Waals surface area (Å²) in [5.74, 6) is 2.11. The lowest BCUT2D eigenvalue weighted by Gasteiger charge is -2.18. The summed E-state index contributed by atoms with van der Waals surface area (Å²) in [5, 5.41) is 2.14. The number of hydrogen-bond donors (Lipinski definition) is 0. The Morgan fingerprint density at radius 2 is 2.14 bits per heavy atom. The second kappa shape index (κ2) is 6.40. The van der Waals surface area contributed by atoms with Crippen molar-refractivity contribution in [3.05, 3.63) is 46.7 Å². The fraction of sp³-hybridized carbons (Fsp3) is 0.250. The van der Waals surface area contributed by atoms with Crippen LogP contribution < -0.4 is 0 Å². The van der Waals surface area contributed by atoms with Gasteiger partial charge in [-0.3, -0.25) is 4.99 Å². The van der Waals surface area contributed by atoms with Crippen LogP contribution in [0.2, 0.25) is 0 Å². The molecule has 112 valence electrons. The molecule has 0 atom stereocenters. The van der Waals surface area contributed by atoms with Gasteiger partial charge in [-0.2, -0.15) is 0 Å². The number of para-hydroxylation sites is 1. The van der Waals surface area contributed by atoms with E-state index in [1.165, 1.54) is 15.4 Å². The van der Waals surface area contributed by atoms with Crippen molar-refractivity contribution in [2.24, 2.45) is 4.99 Å². The Morgan fingerprint density at radius 1 is 1.18 bits per heavy atom. The molecule has 3 aromatic rings. The Morgan fingerprint density at radius 3 is 3.00 bits per heavy atom. The maximum Gasteiger partial charge on any atom is 0.151 e. The van der Waals surface area contributed by atoms with Crippen molar-refractivity contribution in [1.82, 2.24) is 9.88 Å². The minimum Gasteiger partial charge on any atom is -0.353 e. The number of thiazole rings is 1. The molecule has 0 radical (unpaired) electrons. The number of aliphatic imine (C=N–C) groups is 1. The van der Waals surface area contributed by atoms with Crippen molar-refractivity contribution in [2.75, 3.05) is 18.8 Å². The normalized spacial score (nSPS) is 14.7. The van der Waals surface area contributed by atoms with Gasteiger partial charge in [0.2, 0.25) is 0 Å². The third-order valence-electron chi connectivity index (χ3n) is 3.56. The SMILES string of the molecule is c1csc(CN2CCN=C2CSc2nc3ccccc3s2)c1. The van der Waals surface area contributed by atoms with Crippen LogP contribution in [0.15, 0.2) is 51.1 Å². The standard InChI is InChI=1S/C16H15N3S3/c1-2-6-14-13(5-1)18-16(22-14)21-11-15-17-7-8-19(15)10-12-4-3-9-20-12/h1-6,9H,7-8,10-11H2. The first-order chi connectivity index (χ1) is 10.9. The number of aromatic nitrogens is 1. The van der Waals surface area contributed by atoms with Crippen molar-refractivity contribution in [2.45, 2.75) is 10.9 Å². The van der Waals surface area contributed by atoms with E-state index in [1.807, 2.05) is 17.4 Å². The number of rotatable bonds is 5. The van der Waals surface area contributed by atoms with Crippen molar-refractivity contribution in [3.8, 4) is 0 Å². The minimum atomic E-state index is 0.908. The number of thiophene rings is 1. The Kier molecular flexibility index (Phi) is 4.14. The van der Waals surface area contributed by atoms with Crippen LogP contribution in [0.5, 0.6) is 0 Å². The van der Waals surface area contributed by atoms with Gasteiger partial charge in [0.05, 0.1) is 29.1 Å². The summed E-state index contributed by atoms with van der Waals surface area (Å²) < 4.78 is 2.39. The number of nitrogens with zero attached hydrogens (tertiary/aromatic N) is 3. The van der Waals surface area contributed by atoms with E-state index in [0.717, 1.165) is 35.2 Å². The molecule has 6 heteroatoms. The fourth-order valence-electron chi connectivity index (χ4n) is 2.47. The monoisotopic (exact) mass is 345 g/mol. The lowest BCUT2D eigenvalue weighted by molar-refractivity contribution is 0.455. The van der Waals surface area contributed by atoms with E-state index >= 15 is 0 Å². The third-order valence-corrected chi connectivity index (χ3v) is 6.59. The molecular weight excluding hydrogens is 330 g/mol. The van der Waals surface area contributed by atoms with E-state index in [9.17, 15) is 0 Å². The van der Waals surface area contributed by atoms with Crippen LogP contribution in [-0.4, -0.2) is 34.6 Å². The van der Waals surface area contributed by atoms with Gasteiger partial charge in [0, 0.05) is 11.4 Å². The molecule has 0 spiro atoms. The van der Waals surface area contributed by atoms with Gasteiger partial charge < -0.3 is 4.90 Å². The molecule has 22 heavy (non-hydrogen) atoms. The minimum absolute atomic E-state index is 0.908. The van der Waals surface area contributed by atoms with Gasteiger partial charge >= 0.3 is 0 Å². The first-order valence-corrected chi connectivity index (χ1v) is 9.86. The smallest absolute Gasteiger partial charge is 0.151 e. The second-order valence-electron chi connectivity index (χ2n) is 5.04. The fourth-order valence-corrected chi connectivity index (χ4v) is 5.25. The van der Waals surface area contributed by atoms with Gasteiger partial charge in [0.1, 0.15) is 5.84 Å². The molecule has 0 fully saturated rings. The summed E-state index contributed by atoms with van der Waals surface area (Å²) >= 11 is 5.38. The van der Waals surface area contributed by atoms with Gasteiger partial charge in [0.15, 0.2) is 4.34 Å². The molecule has 0 N–H and O–H groups in total. The lowest BCUT2D eigenvalue weighted by Crippen LogP contribution is -2.28. The van der Waals surface area contributed by atoms with Crippen LogP contribution in [-0.2, 0) is 6.54 Å². The van der Waals surface area contributed by atoms with E-state index in [-0.39, 0.29) is 0 Å². The van der Waals surface area contributed by atoms with Crippen molar-refractivity contribution < 1.29 is 0 Å². The molecule has 0 saturated heterocycles. The van der Waals surface area contributed by atoms with Crippen LogP contribution in [0.25, 0.3) is 10.2 Å². The molecule has 0 aliphatic carbocycles. The molecule has 1 aliphatic rings. The van der Waals surface area contributed by atoms with Crippen molar-refractivity contribution in [1.29, 1.82) is 0 Å². The summed E-state index contributed by atoms with van der Waals surface area (Å²) in [6.45, 7) is 2.94. The maximum atomic E-state index is 4.68. The highest BCUT2D eigenvalue weighted by Gasteiger charge is 2.18. The maximum absolute atomic E-state index is 4.68. The number of amidine groups is 1. The average molecular weight is 346 g/mol. The Hall–Kier alpha value is -1.37. The zero-order valence-electron chi connectivity index (χ0n) is 11.9. The van der Waals surface area contributed by atoms with Crippen molar-refractivity contribution >= 4 is 50.5 Å². The van der Waals surface area contributed by atoms with Crippen LogP contribution in [0.4, 0.5) is 0 Å². The highest BCUT2D eigenvalue weighted by Crippen LogP contribution is 2.30. The molecule has 4 rings (SSSR count). The number of thioether (sulfide) groups is 1. The quantitative estimate of drug-likeness (QED) is 0.643. The van der Waals surface area contributed by atoms with E-state index < -0.39 is 0 Å². The van der Waals surface area contributed by atoms with E-state index in [1.54, 1.807) is 23.1 Å². The third kappa shape index (κ3) is 3.04. The van der Waals surface area contributed by atoms with Gasteiger partial charge in [-0.1, -0.05) is 30.0 Å². The predicted molar refractivity (Wildman–Crippen MR) is 97.4 cm³/mol. The molecule has 3 nitrogen and oxygen atoms in total. The Balaban J connectivity index is 1.42. The highest BCUT2D eigenvalue weighted by molar-refractivity contribution is 8.01. The summed E-state index contributed by atoms with van der Waals surface area (Å²) in [6, 6.07) is 12.6. The lowest BCUT2D eigenvalue weighted by atomic mass is 10.3. The Bertz CT molecular complexity index is 759. The summed E-state index contributed by atoms with van der Waals surface area (Å²) in [6.07, 6.45) is 0. The van der Waals surface area contributed by atoms with E-state index in [0.29, 0.717) is 0 Å². The van der Waals surface area contributed by atoms with Crippen LogP contribution in [0.1, 0.15) is 4.88 Å². The van der Waals surface area contributed by atoms with Gasteiger partial charge in [-0.15, -0.1) is 22.7 Å². The van der Waals surface area contributed by atoms with Gasteiger partial charge in [-0.25, -0.2) is 4.98 Å². The Labute approximate surface area is 141 Å². The molecule has 0 amide bonds. The first-order valence-electron chi connectivity index (χ1n) is 7.17. The molecular formula is C16H15N3S3. The summed E-state index contributed by atoms with van der Waals surface area (Å²) in [4.78, 5) is 13.2. The summed E-state index contributed by atoms with van der Waals surface area (Å²) in [7, 11) is 0. The summed E-state index contributed by atoms with van der Waals surface area (Å²) in [5.41, 5.74) is 1.10. The zero-order chi connectivity index (χ0) is 14.8. The van der Waals surface area contributed by atoms with Gasteiger partial charge in [0.25, 0.3) is 0 Å². The topological polar surface area (TPSA) is 28.5 Å². The van der Waals surface area contributed by atoms with Crippen LogP contribution >= 0.6 is 34.4 Å². The average Bonchev–Trinajstić information content (AvgIpc) is 3.26. The van der Waals surface area contributed by atoms with Crippen molar-refractivity contribution in [3.63, 3.8) is 0 Å². The largest absolute Gasteiger partial charge is 0.353 e.